The van der Waals surface area contributed by atoms with Gasteiger partial charge in [0.05, 0.1) is 0 Å². The molecule has 37 heavy (non-hydrogen) atoms. The zero-order chi connectivity index (χ0) is 25.4. The molecule has 0 unspecified atom stereocenters. The summed E-state index contributed by atoms with van der Waals surface area (Å²) in [5.74, 6) is -0.0195. The van der Waals surface area contributed by atoms with Crippen molar-refractivity contribution in [3.05, 3.63) is 139 Å². The summed E-state index contributed by atoms with van der Waals surface area (Å²) in [5, 5.41) is 6.30. The van der Waals surface area contributed by atoms with Crippen LogP contribution in [0.15, 0.2) is 133 Å². The molecule has 0 amide bonds. The summed E-state index contributed by atoms with van der Waals surface area (Å²) in [6, 6.07) is 43.6. The van der Waals surface area contributed by atoms with Gasteiger partial charge in [0.25, 0.3) is 0 Å². The van der Waals surface area contributed by atoms with Gasteiger partial charge in [0, 0.05) is 32.6 Å². The SMILES string of the molecule is CC(=O)c1ccc2ccccc2c1-c1c(P(=O)(c2ccccc2)c2ccccc2)ccc2ccccc12. The van der Waals surface area contributed by atoms with Crippen LogP contribution in [0.5, 0.6) is 0 Å². The number of hydrogen-bond donors (Lipinski definition) is 0. The summed E-state index contributed by atoms with van der Waals surface area (Å²) in [5.41, 5.74) is 2.32. The van der Waals surface area contributed by atoms with Crippen LogP contribution < -0.4 is 15.9 Å². The monoisotopic (exact) mass is 496 g/mol. The van der Waals surface area contributed by atoms with Gasteiger partial charge in [-0.3, -0.25) is 4.79 Å². The minimum atomic E-state index is -3.32. The molecule has 6 aromatic carbocycles. The van der Waals surface area contributed by atoms with Gasteiger partial charge in [0.2, 0.25) is 0 Å². The summed E-state index contributed by atoms with van der Waals surface area (Å²) in [4.78, 5) is 13.1. The lowest BCUT2D eigenvalue weighted by Crippen LogP contribution is -2.26. The van der Waals surface area contributed by atoms with E-state index in [0.29, 0.717) is 5.56 Å². The molecule has 2 nitrogen and oxygen atoms in total. The van der Waals surface area contributed by atoms with Gasteiger partial charge in [0.15, 0.2) is 12.9 Å². The molecule has 0 fully saturated rings. The van der Waals surface area contributed by atoms with E-state index in [2.05, 4.69) is 24.3 Å². The van der Waals surface area contributed by atoms with Crippen molar-refractivity contribution in [2.75, 3.05) is 0 Å². The van der Waals surface area contributed by atoms with Gasteiger partial charge in [-0.15, -0.1) is 0 Å². The van der Waals surface area contributed by atoms with E-state index in [1.807, 2.05) is 109 Å². The summed E-state index contributed by atoms with van der Waals surface area (Å²) < 4.78 is 15.6. The molecule has 0 saturated carbocycles. The van der Waals surface area contributed by atoms with Crippen LogP contribution in [0.3, 0.4) is 0 Å². The lowest BCUT2D eigenvalue weighted by molar-refractivity contribution is 0.101. The Balaban J connectivity index is 1.84. The number of rotatable bonds is 5. The van der Waals surface area contributed by atoms with E-state index in [-0.39, 0.29) is 5.78 Å². The van der Waals surface area contributed by atoms with Crippen LogP contribution in [0, 0.1) is 0 Å². The lowest BCUT2D eigenvalue weighted by Gasteiger charge is -2.25. The zero-order valence-corrected chi connectivity index (χ0v) is 21.4. The topological polar surface area (TPSA) is 34.1 Å². The molecular weight excluding hydrogens is 471 g/mol. The third-order valence-electron chi connectivity index (χ3n) is 7.04. The molecular formula is C34H25O2P. The highest BCUT2D eigenvalue weighted by Gasteiger charge is 2.34. The number of carbonyl (C=O) groups excluding carboxylic acids is 1. The number of ketones is 1. The lowest BCUT2D eigenvalue weighted by atomic mass is 9.89. The van der Waals surface area contributed by atoms with Crippen LogP contribution in [0.4, 0.5) is 0 Å². The average molecular weight is 497 g/mol. The molecule has 6 aromatic rings. The smallest absolute Gasteiger partial charge is 0.171 e. The van der Waals surface area contributed by atoms with Crippen molar-refractivity contribution in [1.82, 2.24) is 0 Å². The Labute approximate surface area is 216 Å². The number of benzene rings is 6. The highest BCUT2D eigenvalue weighted by molar-refractivity contribution is 7.85. The van der Waals surface area contributed by atoms with Gasteiger partial charge in [-0.1, -0.05) is 127 Å². The third-order valence-corrected chi connectivity index (χ3v) is 10.1. The molecule has 178 valence electrons. The number of carbonyl (C=O) groups is 1. The molecule has 0 atom stereocenters. The fourth-order valence-electron chi connectivity index (χ4n) is 5.32. The van der Waals surface area contributed by atoms with E-state index in [9.17, 15) is 4.79 Å². The van der Waals surface area contributed by atoms with Crippen LogP contribution in [0.2, 0.25) is 0 Å². The van der Waals surface area contributed by atoms with E-state index in [1.54, 1.807) is 6.92 Å². The first-order valence-corrected chi connectivity index (χ1v) is 14.1. The van der Waals surface area contributed by atoms with E-state index in [1.165, 1.54) is 0 Å². The van der Waals surface area contributed by atoms with Crippen molar-refractivity contribution in [2.45, 2.75) is 6.92 Å². The van der Waals surface area contributed by atoms with Crippen molar-refractivity contribution >= 4 is 50.4 Å². The highest BCUT2D eigenvalue weighted by atomic mass is 31.2. The Kier molecular flexibility index (Phi) is 5.83. The largest absolute Gasteiger partial charge is 0.309 e. The van der Waals surface area contributed by atoms with Gasteiger partial charge in [-0.25, -0.2) is 0 Å². The first-order chi connectivity index (χ1) is 18.1. The van der Waals surface area contributed by atoms with Gasteiger partial charge in [-0.2, -0.15) is 0 Å². The summed E-state index contributed by atoms with van der Waals surface area (Å²) in [7, 11) is -3.32. The van der Waals surface area contributed by atoms with Gasteiger partial charge in [-0.05, 0) is 34.5 Å². The van der Waals surface area contributed by atoms with Crippen LogP contribution in [0.25, 0.3) is 32.7 Å². The minimum absolute atomic E-state index is 0.0195. The minimum Gasteiger partial charge on any atom is -0.309 e. The summed E-state index contributed by atoms with van der Waals surface area (Å²) in [6.45, 7) is 1.60. The summed E-state index contributed by atoms with van der Waals surface area (Å²) in [6.07, 6.45) is 0. The van der Waals surface area contributed by atoms with Crippen LogP contribution in [-0.2, 0) is 4.57 Å². The van der Waals surface area contributed by atoms with E-state index < -0.39 is 7.14 Å². The van der Waals surface area contributed by atoms with Crippen LogP contribution in [0.1, 0.15) is 17.3 Å². The predicted molar refractivity (Wildman–Crippen MR) is 156 cm³/mol. The molecule has 0 N–H and O–H groups in total. The average Bonchev–Trinajstić information content (AvgIpc) is 2.96. The van der Waals surface area contributed by atoms with E-state index in [0.717, 1.165) is 48.6 Å². The van der Waals surface area contributed by atoms with Crippen molar-refractivity contribution in [1.29, 1.82) is 0 Å². The standard InChI is InChI=1S/C34H25O2P/c1-24(35)29-22-20-25-12-8-10-18-30(25)33(29)34-31-19-11-9-13-26(31)21-23-32(34)37(36,27-14-4-2-5-15-27)28-16-6-3-7-17-28/h2-23H,1H3. The molecule has 0 aliphatic heterocycles. The van der Waals surface area contributed by atoms with Crippen molar-refractivity contribution in [3.8, 4) is 11.1 Å². The molecule has 0 aliphatic rings. The third kappa shape index (κ3) is 3.82. The van der Waals surface area contributed by atoms with Gasteiger partial charge < -0.3 is 4.57 Å². The predicted octanol–water partition coefficient (Wildman–Crippen LogP) is 7.50. The second kappa shape index (κ2) is 9.32. The first kappa shape index (κ1) is 23.2. The second-order valence-corrected chi connectivity index (χ2v) is 12.0. The van der Waals surface area contributed by atoms with Crippen molar-refractivity contribution in [3.63, 3.8) is 0 Å². The quantitative estimate of drug-likeness (QED) is 0.183. The molecule has 0 spiro atoms. The molecule has 0 aliphatic carbocycles. The Bertz CT molecular complexity index is 1780. The van der Waals surface area contributed by atoms with Crippen molar-refractivity contribution < 1.29 is 9.36 Å². The second-order valence-electron chi connectivity index (χ2n) is 9.23. The maximum Gasteiger partial charge on any atom is 0.171 e. The molecule has 0 saturated heterocycles. The Morgan fingerprint density at radius 3 is 1.51 bits per heavy atom. The number of Topliss-reactive ketones (excluding diaryl/α,β-unsaturated/α-hetero) is 1. The molecule has 0 bridgehead atoms. The first-order valence-electron chi connectivity index (χ1n) is 12.4. The summed E-state index contributed by atoms with van der Waals surface area (Å²) >= 11 is 0. The highest BCUT2D eigenvalue weighted by Crippen LogP contribution is 2.48. The maximum atomic E-state index is 15.6. The Morgan fingerprint density at radius 1 is 0.514 bits per heavy atom. The number of fused-ring (bicyclic) bond motifs is 2. The maximum absolute atomic E-state index is 15.6. The molecule has 0 heterocycles. The zero-order valence-electron chi connectivity index (χ0n) is 20.5. The van der Waals surface area contributed by atoms with Crippen LogP contribution in [-0.4, -0.2) is 5.78 Å². The fourth-order valence-corrected chi connectivity index (χ4v) is 8.19. The van der Waals surface area contributed by atoms with E-state index >= 15 is 4.57 Å². The van der Waals surface area contributed by atoms with Gasteiger partial charge >= 0.3 is 0 Å². The molecule has 0 radical (unpaired) electrons. The molecule has 0 aromatic heterocycles. The van der Waals surface area contributed by atoms with Crippen LogP contribution >= 0.6 is 7.14 Å². The van der Waals surface area contributed by atoms with Crippen molar-refractivity contribution in [2.24, 2.45) is 0 Å². The fraction of sp³-hybridized carbons (Fsp3) is 0.0294. The Morgan fingerprint density at radius 2 is 0.973 bits per heavy atom. The number of hydrogen-bond acceptors (Lipinski definition) is 2. The van der Waals surface area contributed by atoms with Gasteiger partial charge in [0.1, 0.15) is 0 Å². The normalized spacial score (nSPS) is 11.6. The Hall–Kier alpha value is -4.26. The molecule has 6 rings (SSSR count). The van der Waals surface area contributed by atoms with E-state index in [4.69, 9.17) is 0 Å². The molecule has 3 heteroatoms.